The average Bonchev–Trinajstić information content (AvgIpc) is 3.11. The number of hydrogen-bond donors (Lipinski definition) is 2. The fourth-order valence-corrected chi connectivity index (χ4v) is 4.12. The number of nitrogens with one attached hydrogen (secondary N) is 2. The lowest BCUT2D eigenvalue weighted by Gasteiger charge is -2.22. The van der Waals surface area contributed by atoms with Crippen LogP contribution in [-0.2, 0) is 10.5 Å². The first kappa shape index (κ1) is 19.5. The standard InChI is InChI=1S/C20H25N3O3S/c1-14-11-16(26-23-14)13-27-18-10-6-5-9-17(18)20(25)21-12-19(24)22-15-7-3-2-4-8-15/h5-6,9-11,15H,2-4,7-8,12-13H2,1H3,(H,21,25)(H,22,24). The Morgan fingerprint density at radius 3 is 2.74 bits per heavy atom. The van der Waals surface area contributed by atoms with Gasteiger partial charge in [0.15, 0.2) is 0 Å². The fourth-order valence-electron chi connectivity index (χ4n) is 3.19. The van der Waals surface area contributed by atoms with E-state index in [1.807, 2.05) is 31.2 Å². The maximum absolute atomic E-state index is 12.5. The molecule has 0 aliphatic heterocycles. The summed E-state index contributed by atoms with van der Waals surface area (Å²) in [6.45, 7) is 1.87. The summed E-state index contributed by atoms with van der Waals surface area (Å²) in [6.07, 6.45) is 5.62. The third-order valence-corrected chi connectivity index (χ3v) is 5.65. The number of hydrogen-bond acceptors (Lipinski definition) is 5. The van der Waals surface area contributed by atoms with Gasteiger partial charge >= 0.3 is 0 Å². The van der Waals surface area contributed by atoms with Crippen molar-refractivity contribution in [2.45, 2.75) is 55.7 Å². The van der Waals surface area contributed by atoms with Gasteiger partial charge in [-0.3, -0.25) is 9.59 Å². The number of thioether (sulfide) groups is 1. The third kappa shape index (κ3) is 5.85. The van der Waals surface area contributed by atoms with E-state index in [1.54, 1.807) is 6.07 Å². The minimum absolute atomic E-state index is 0.00433. The van der Waals surface area contributed by atoms with E-state index in [2.05, 4.69) is 15.8 Å². The molecule has 0 atom stereocenters. The van der Waals surface area contributed by atoms with E-state index in [9.17, 15) is 9.59 Å². The van der Waals surface area contributed by atoms with Crippen LogP contribution in [0, 0.1) is 6.92 Å². The zero-order chi connectivity index (χ0) is 19.1. The zero-order valence-electron chi connectivity index (χ0n) is 15.5. The second kappa shape index (κ2) is 9.60. The van der Waals surface area contributed by atoms with E-state index in [-0.39, 0.29) is 24.4 Å². The average molecular weight is 388 g/mol. The Hall–Kier alpha value is -2.28. The Kier molecular flexibility index (Phi) is 6.92. The number of carbonyl (C=O) groups excluding carboxylic acids is 2. The maximum atomic E-state index is 12.5. The molecule has 0 radical (unpaired) electrons. The first-order valence-corrected chi connectivity index (χ1v) is 10.3. The highest BCUT2D eigenvalue weighted by atomic mass is 32.2. The summed E-state index contributed by atoms with van der Waals surface area (Å²) in [5.41, 5.74) is 1.39. The topological polar surface area (TPSA) is 84.2 Å². The van der Waals surface area contributed by atoms with Gasteiger partial charge in [0.05, 0.1) is 23.6 Å². The van der Waals surface area contributed by atoms with Crippen LogP contribution in [-0.4, -0.2) is 29.6 Å². The number of carbonyl (C=O) groups is 2. The van der Waals surface area contributed by atoms with Gasteiger partial charge in [-0.1, -0.05) is 36.6 Å². The molecule has 1 saturated carbocycles. The van der Waals surface area contributed by atoms with E-state index in [0.29, 0.717) is 11.3 Å². The summed E-state index contributed by atoms with van der Waals surface area (Å²) in [4.78, 5) is 25.5. The molecule has 1 fully saturated rings. The number of benzene rings is 1. The monoisotopic (exact) mass is 387 g/mol. The lowest BCUT2D eigenvalue weighted by Crippen LogP contribution is -2.42. The zero-order valence-corrected chi connectivity index (χ0v) is 16.3. The van der Waals surface area contributed by atoms with Crippen LogP contribution in [0.3, 0.4) is 0 Å². The van der Waals surface area contributed by atoms with Crippen molar-refractivity contribution in [2.75, 3.05) is 6.54 Å². The Morgan fingerprint density at radius 1 is 1.22 bits per heavy atom. The van der Waals surface area contributed by atoms with Crippen LogP contribution in [0.4, 0.5) is 0 Å². The second-order valence-corrected chi connectivity index (χ2v) is 7.82. The molecule has 1 aliphatic rings. The van der Waals surface area contributed by atoms with Gasteiger partial charge in [-0.2, -0.15) is 0 Å². The third-order valence-electron chi connectivity index (χ3n) is 4.56. The Labute approximate surface area is 163 Å². The van der Waals surface area contributed by atoms with Crippen LogP contribution in [0.25, 0.3) is 0 Å². The number of amides is 2. The van der Waals surface area contributed by atoms with Crippen LogP contribution in [0.15, 0.2) is 39.8 Å². The Morgan fingerprint density at radius 2 is 2.00 bits per heavy atom. The van der Waals surface area contributed by atoms with Gasteiger partial charge in [0.2, 0.25) is 5.91 Å². The molecular weight excluding hydrogens is 362 g/mol. The molecule has 1 aliphatic carbocycles. The molecule has 0 unspecified atom stereocenters. The summed E-state index contributed by atoms with van der Waals surface area (Å²) in [6, 6.07) is 9.50. The van der Waals surface area contributed by atoms with Crippen LogP contribution < -0.4 is 10.6 Å². The summed E-state index contributed by atoms with van der Waals surface area (Å²) < 4.78 is 5.21. The highest BCUT2D eigenvalue weighted by molar-refractivity contribution is 7.98. The minimum atomic E-state index is -0.245. The number of rotatable bonds is 7. The Balaban J connectivity index is 1.52. The summed E-state index contributed by atoms with van der Waals surface area (Å²) in [5.74, 6) is 0.982. The molecule has 2 aromatic rings. The highest BCUT2D eigenvalue weighted by Gasteiger charge is 2.17. The highest BCUT2D eigenvalue weighted by Crippen LogP contribution is 2.26. The van der Waals surface area contributed by atoms with E-state index >= 15 is 0 Å². The summed E-state index contributed by atoms with van der Waals surface area (Å²) >= 11 is 1.51. The minimum Gasteiger partial charge on any atom is -0.360 e. The molecule has 1 aromatic heterocycles. The van der Waals surface area contributed by atoms with Crippen LogP contribution in [0.1, 0.15) is 53.9 Å². The molecule has 6 nitrogen and oxygen atoms in total. The van der Waals surface area contributed by atoms with Crippen molar-refractivity contribution in [1.82, 2.24) is 15.8 Å². The molecule has 27 heavy (non-hydrogen) atoms. The first-order chi connectivity index (χ1) is 13.1. The lowest BCUT2D eigenvalue weighted by atomic mass is 9.95. The van der Waals surface area contributed by atoms with Crippen molar-refractivity contribution in [1.29, 1.82) is 0 Å². The molecule has 1 heterocycles. The molecular formula is C20H25N3O3S. The quantitative estimate of drug-likeness (QED) is 0.711. The van der Waals surface area contributed by atoms with Gasteiger partial charge in [0, 0.05) is 17.0 Å². The van der Waals surface area contributed by atoms with Gasteiger partial charge in [-0.25, -0.2) is 0 Å². The number of aromatic nitrogens is 1. The van der Waals surface area contributed by atoms with Crippen molar-refractivity contribution < 1.29 is 14.1 Å². The van der Waals surface area contributed by atoms with Gasteiger partial charge in [-0.05, 0) is 31.9 Å². The maximum Gasteiger partial charge on any atom is 0.252 e. The van der Waals surface area contributed by atoms with Gasteiger partial charge in [-0.15, -0.1) is 11.8 Å². The van der Waals surface area contributed by atoms with Crippen LogP contribution in [0.2, 0.25) is 0 Å². The summed E-state index contributed by atoms with van der Waals surface area (Å²) in [7, 11) is 0. The van der Waals surface area contributed by atoms with Gasteiger partial charge < -0.3 is 15.2 Å². The van der Waals surface area contributed by atoms with Crippen molar-refractivity contribution in [3.8, 4) is 0 Å². The van der Waals surface area contributed by atoms with E-state index in [0.717, 1.165) is 42.0 Å². The molecule has 7 heteroatoms. The predicted molar refractivity (Wildman–Crippen MR) is 105 cm³/mol. The Bertz CT molecular complexity index is 784. The molecule has 2 amide bonds. The predicted octanol–water partition coefficient (Wildman–Crippen LogP) is 3.45. The molecule has 3 rings (SSSR count). The lowest BCUT2D eigenvalue weighted by molar-refractivity contribution is -0.121. The van der Waals surface area contributed by atoms with Gasteiger partial charge in [0.1, 0.15) is 5.76 Å². The normalized spacial score (nSPS) is 14.7. The second-order valence-electron chi connectivity index (χ2n) is 6.80. The summed E-state index contributed by atoms with van der Waals surface area (Å²) in [5, 5.41) is 9.61. The molecule has 0 bridgehead atoms. The van der Waals surface area contributed by atoms with Crippen LogP contribution in [0.5, 0.6) is 0 Å². The SMILES string of the molecule is Cc1cc(CSc2ccccc2C(=O)NCC(=O)NC2CCCCC2)on1. The molecule has 2 N–H and O–H groups in total. The van der Waals surface area contributed by atoms with Crippen LogP contribution >= 0.6 is 11.8 Å². The van der Waals surface area contributed by atoms with Crippen molar-refractivity contribution in [2.24, 2.45) is 0 Å². The first-order valence-electron chi connectivity index (χ1n) is 9.33. The molecule has 144 valence electrons. The van der Waals surface area contributed by atoms with Gasteiger partial charge in [0.25, 0.3) is 5.91 Å². The molecule has 0 spiro atoms. The largest absolute Gasteiger partial charge is 0.360 e. The fraction of sp³-hybridized carbons (Fsp3) is 0.450. The number of aryl methyl sites for hydroxylation is 1. The smallest absolute Gasteiger partial charge is 0.252 e. The van der Waals surface area contributed by atoms with Crippen molar-refractivity contribution in [3.63, 3.8) is 0 Å². The van der Waals surface area contributed by atoms with E-state index < -0.39 is 0 Å². The van der Waals surface area contributed by atoms with Crippen molar-refractivity contribution >= 4 is 23.6 Å². The number of nitrogens with zero attached hydrogens (tertiary/aromatic N) is 1. The van der Waals surface area contributed by atoms with E-state index in [4.69, 9.17) is 4.52 Å². The van der Waals surface area contributed by atoms with E-state index in [1.165, 1.54) is 18.2 Å². The van der Waals surface area contributed by atoms with Crippen molar-refractivity contribution in [3.05, 3.63) is 47.3 Å². The molecule has 0 saturated heterocycles. The molecule has 1 aromatic carbocycles.